The Hall–Kier alpha value is -0.713. The van der Waals surface area contributed by atoms with Gasteiger partial charge in [0.05, 0.1) is 19.8 Å². The molecule has 3 aromatic carbocycles. The number of hydrogen-bond donors (Lipinski definition) is 1. The third-order valence-corrected chi connectivity index (χ3v) is 15.2. The van der Waals surface area contributed by atoms with Crippen molar-refractivity contribution in [1.82, 2.24) is 9.88 Å². The van der Waals surface area contributed by atoms with Crippen molar-refractivity contribution in [2.24, 2.45) is 0 Å². The van der Waals surface area contributed by atoms with Crippen molar-refractivity contribution in [3.63, 3.8) is 0 Å². The molecule has 1 aromatic heterocycles. The molecule has 288 valence electrons. The van der Waals surface area contributed by atoms with E-state index in [1.807, 2.05) is 19.1 Å². The molecule has 0 saturated heterocycles. The van der Waals surface area contributed by atoms with Gasteiger partial charge in [0.1, 0.15) is 5.82 Å². The number of ether oxygens (including phenoxy) is 2. The predicted octanol–water partition coefficient (Wildman–Crippen LogP) is -9.27. The summed E-state index contributed by atoms with van der Waals surface area (Å²) in [6.07, 6.45) is -19.8. The Morgan fingerprint density at radius 3 is 1.44 bits per heavy atom. The van der Waals surface area contributed by atoms with Gasteiger partial charge in [-0.1, -0.05) is 30.3 Å². The van der Waals surface area contributed by atoms with Crippen LogP contribution in [0.1, 0.15) is 47.0 Å². The van der Waals surface area contributed by atoms with Crippen molar-refractivity contribution < 1.29 is 13.9 Å². The molecule has 42 radical (unpaired) electrons. The topological polar surface area (TPSA) is 37.5 Å². The lowest BCUT2D eigenvalue weighted by atomic mass is 8.27. The molecule has 0 fully saturated rings. The maximum Gasteiger partial charge on any atom is 0.161 e. The lowest BCUT2D eigenvalue weighted by Gasteiger charge is -2.54. The fourth-order valence-electron chi connectivity index (χ4n) is 12.1. The highest BCUT2D eigenvalue weighted by Crippen LogP contribution is 2.49. The van der Waals surface area contributed by atoms with Crippen LogP contribution in [0.2, 0.25) is 0 Å². The highest BCUT2D eigenvalue weighted by molar-refractivity contribution is 8.32. The van der Waals surface area contributed by atoms with Crippen molar-refractivity contribution in [3.8, 4) is 11.5 Å². The van der Waals surface area contributed by atoms with Gasteiger partial charge in [0, 0.05) is 313 Å². The van der Waals surface area contributed by atoms with Gasteiger partial charge in [-0.05, 0) is 72.4 Å². The Bertz CT molecular complexity index is 2230. The molecular weight excluding hydrogens is 848 g/mol. The van der Waals surface area contributed by atoms with E-state index in [1.165, 1.54) is 27.8 Å². The number of aromatic nitrogens is 1. The second-order valence-electron chi connectivity index (χ2n) is 19.8. The van der Waals surface area contributed by atoms with E-state index in [0.717, 1.165) is 42.0 Å². The van der Waals surface area contributed by atoms with Gasteiger partial charge >= 0.3 is 0 Å². The second-order valence-corrected chi connectivity index (χ2v) is 19.8. The molecule has 2 unspecified atom stereocenters. The van der Waals surface area contributed by atoms with Crippen LogP contribution in [0.3, 0.4) is 0 Å². The third-order valence-electron chi connectivity index (χ3n) is 15.2. The zero-order valence-electron chi connectivity index (χ0n) is 42.0. The number of benzene rings is 3. The summed E-state index contributed by atoms with van der Waals surface area (Å²) in [5.41, 5.74) is 7.45. The summed E-state index contributed by atoms with van der Waals surface area (Å²) in [4.78, 5) is 6.27. The van der Waals surface area contributed by atoms with Crippen LogP contribution in [-0.2, 0) is 12.8 Å². The number of halogens is 1. The quantitative estimate of drug-likeness (QED) is 0.0800. The third kappa shape index (κ3) is 14.4. The minimum absolute atomic E-state index is 0.0394. The van der Waals surface area contributed by atoms with E-state index in [0.29, 0.717) is 6.61 Å². The number of nitrogens with zero attached hydrogens (tertiary/aromatic N) is 1. The summed E-state index contributed by atoms with van der Waals surface area (Å²) >= 11 is 0. The summed E-state index contributed by atoms with van der Waals surface area (Å²) in [7, 11) is 133. The molecule has 0 aliphatic carbocycles. The van der Waals surface area contributed by atoms with Gasteiger partial charge in [-0.25, -0.2) is 4.39 Å². The summed E-state index contributed by atoms with van der Waals surface area (Å²) in [5.74, 6) is 1.38. The number of methoxy groups -OCH3 is 1. The van der Waals surface area contributed by atoms with Crippen molar-refractivity contribution in [2.45, 2.75) is 31.8 Å². The van der Waals surface area contributed by atoms with E-state index in [9.17, 15) is 4.39 Å². The largest absolute Gasteiger partial charge is 0.493 e. The van der Waals surface area contributed by atoms with E-state index in [4.69, 9.17) is 172 Å². The number of H-pyrrole nitrogens is 1. The molecule has 0 bridgehead atoms. The summed E-state index contributed by atoms with van der Waals surface area (Å²) in [5, 5.41) is 1.27. The van der Waals surface area contributed by atoms with E-state index < -0.39 is 121 Å². The van der Waals surface area contributed by atoms with Crippen LogP contribution in [-0.4, -0.2) is 314 Å². The summed E-state index contributed by atoms with van der Waals surface area (Å²) < 4.78 is 25.3. The molecule has 0 spiro atoms. The number of rotatable bonds is 22. The molecule has 1 N–H and O–H groups in total. The van der Waals surface area contributed by atoms with Gasteiger partial charge in [0.2, 0.25) is 0 Å². The van der Waals surface area contributed by atoms with Crippen molar-refractivity contribution in [3.05, 3.63) is 94.4 Å². The van der Waals surface area contributed by atoms with E-state index in [2.05, 4.69) is 46.3 Å². The minimum atomic E-state index is -1.25. The molecule has 2 aliphatic rings. The van der Waals surface area contributed by atoms with Crippen molar-refractivity contribution in [1.29, 1.82) is 0 Å². The van der Waals surface area contributed by atoms with Crippen LogP contribution in [0, 0.1) is 5.82 Å². The molecule has 0 saturated carbocycles. The number of fused-ring (bicyclic) bond motifs is 6. The first-order valence-electron chi connectivity index (χ1n) is 24.6. The number of aromatic amines is 1. The van der Waals surface area contributed by atoms with Crippen LogP contribution < -0.4 is 9.47 Å². The Morgan fingerprint density at radius 1 is 0.562 bits per heavy atom. The average molecular weight is 875 g/mol. The molecule has 2 atom stereocenters. The SMILES string of the molecule is CCOc1cc2c(cc1OC)CCN1C2Cc2c([nH]c3ccccc23)C1c1ccc(F)cc1.[B]B([B])B([B])B(B([B])[B])B(B(B(B([B])[B])B([B])[B])B(B([B])[B])B([B])[B])B(B(B([B])[B])B([B])[B])B(B([B])[B])B([B])[B]. The first-order chi connectivity index (χ1) is 34.3. The molecule has 4 aromatic rings. The Morgan fingerprint density at radius 2 is 1.01 bits per heavy atom. The van der Waals surface area contributed by atoms with Gasteiger partial charge in [0.25, 0.3) is 0 Å². The van der Waals surface area contributed by atoms with E-state index in [1.54, 1.807) is 19.2 Å². The fourth-order valence-corrected chi connectivity index (χ4v) is 12.1. The first kappa shape index (κ1) is 63.1. The summed E-state index contributed by atoms with van der Waals surface area (Å²) in [6, 6.07) is 20.1. The van der Waals surface area contributed by atoms with Crippen LogP contribution >= 0.6 is 0 Å². The molecule has 4 nitrogen and oxygen atoms in total. The molecule has 0 amide bonds. The van der Waals surface area contributed by atoms with Crippen LogP contribution in [0.4, 0.5) is 4.39 Å². The number of nitrogens with one attached hydrogen (secondary N) is 1. The maximum atomic E-state index is 13.8. The van der Waals surface area contributed by atoms with Crippen molar-refractivity contribution >= 4 is 295 Å². The molecular formula is C28H27B40FN2O2. The van der Waals surface area contributed by atoms with Gasteiger partial charge < -0.3 is 14.5 Å². The Kier molecular flexibility index (Phi) is 24.2. The number of para-hydroxylation sites is 1. The Balaban J connectivity index is 0.000000274. The maximum absolute atomic E-state index is 13.8. The lowest BCUT2D eigenvalue weighted by Crippen LogP contribution is -2.92. The molecule has 45 heteroatoms. The average Bonchev–Trinajstić information content (AvgIpc) is 3.67. The number of hydrogen-bond acceptors (Lipinski definition) is 3. The molecule has 3 heterocycles. The first-order valence-corrected chi connectivity index (χ1v) is 24.6. The Labute approximate surface area is 473 Å². The van der Waals surface area contributed by atoms with Crippen LogP contribution in [0.5, 0.6) is 11.5 Å². The smallest absolute Gasteiger partial charge is 0.161 e. The minimum Gasteiger partial charge on any atom is -0.493 e. The standard InChI is InChI=1S/C28H27FN2O2.B40/c1-3-33-26-16-21-18(14-25(26)32-2)12-13-31-24(21)15-22-20-6-4-5-7-23(20)30-27(22)28(31)17-8-10-19(29)11-9-17;1-22(2)32(21)37(31(19)20)40(38(33(23(3)4)24(5)6)34(25(7)8)26(9)10)39(35(27(11)12)28(13)14)36(29(15)16)30(17)18/h4-11,14,16,24,28,30H,3,12-13,15H2,1-2H3;. The van der Waals surface area contributed by atoms with Crippen LogP contribution in [0.25, 0.3) is 10.9 Å². The summed E-state index contributed by atoms with van der Waals surface area (Å²) in [6.45, 7) is 3.51. The predicted molar refractivity (Wildman–Crippen MR) is 358 cm³/mol. The molecule has 6 rings (SSSR count). The normalized spacial score (nSPS) is 14.1. The lowest BCUT2D eigenvalue weighted by molar-refractivity contribution is 0.127. The van der Waals surface area contributed by atoms with Gasteiger partial charge in [0.15, 0.2) is 11.5 Å². The zero-order chi connectivity index (χ0) is 54.5. The van der Waals surface area contributed by atoms with E-state index >= 15 is 0 Å². The highest BCUT2D eigenvalue weighted by atomic mass is 19.1. The molecule has 2 aliphatic heterocycles. The van der Waals surface area contributed by atoms with E-state index in [-0.39, 0.29) is 17.9 Å². The monoisotopic (exact) mass is 883 g/mol. The van der Waals surface area contributed by atoms with Gasteiger partial charge in [-0.15, -0.1) is 0 Å². The van der Waals surface area contributed by atoms with Gasteiger partial charge in [-0.2, -0.15) is 0 Å². The van der Waals surface area contributed by atoms with Crippen LogP contribution in [0.15, 0.2) is 60.7 Å². The van der Waals surface area contributed by atoms with Crippen molar-refractivity contribution in [2.75, 3.05) is 20.3 Å². The molecule has 73 heavy (non-hydrogen) atoms. The zero-order valence-corrected chi connectivity index (χ0v) is 42.0. The second kappa shape index (κ2) is 27.9. The fraction of sp³-hybridized carbons (Fsp3) is 0.286. The van der Waals surface area contributed by atoms with Gasteiger partial charge in [-0.3, -0.25) is 4.90 Å². The highest BCUT2D eigenvalue weighted by Gasteiger charge is 2.57.